The lowest BCUT2D eigenvalue weighted by molar-refractivity contribution is -0.141. The third-order valence-corrected chi connectivity index (χ3v) is 17.1. The quantitative estimate of drug-likeness (QED) is 0.0710. The Balaban J connectivity index is 0.697. The van der Waals surface area contributed by atoms with Gasteiger partial charge in [-0.3, -0.25) is 9.59 Å². The number of amides is 2. The number of aliphatic hydroxyl groups is 1. The summed E-state index contributed by atoms with van der Waals surface area (Å²) in [7, 11) is 0. The summed E-state index contributed by atoms with van der Waals surface area (Å²) in [5.41, 5.74) is 10.1. The molecule has 8 heterocycles. The van der Waals surface area contributed by atoms with Crippen molar-refractivity contribution in [3.8, 4) is 51.4 Å². The number of para-hydroxylation sites is 1. The van der Waals surface area contributed by atoms with Gasteiger partial charge >= 0.3 is 0 Å². The normalized spacial score (nSPS) is 21.5. The molecule has 1 saturated carbocycles. The molecule has 1 aliphatic carbocycles. The largest absolute Gasteiger partial charge is 0.507 e. The number of anilines is 1. The molecule has 2 amide bonds. The van der Waals surface area contributed by atoms with Gasteiger partial charge in [0, 0.05) is 84.7 Å². The van der Waals surface area contributed by atoms with Crippen LogP contribution in [-0.2, 0) is 22.6 Å². The van der Waals surface area contributed by atoms with E-state index in [9.17, 15) is 19.8 Å². The number of phenolic OH excluding ortho intramolecular Hbond substituents is 1. The van der Waals surface area contributed by atoms with Crippen molar-refractivity contribution in [2.24, 2.45) is 5.92 Å². The second-order valence-corrected chi connectivity index (χ2v) is 22.2. The van der Waals surface area contributed by atoms with Crippen LogP contribution in [0.1, 0.15) is 117 Å². The van der Waals surface area contributed by atoms with Crippen LogP contribution in [0.2, 0.25) is 0 Å². The van der Waals surface area contributed by atoms with E-state index in [-0.39, 0.29) is 67.6 Å². The molecule has 11 rings (SSSR count). The smallest absolute Gasteiger partial charge is 0.255 e. The van der Waals surface area contributed by atoms with Crippen molar-refractivity contribution >= 4 is 40.1 Å². The second-order valence-electron chi connectivity index (χ2n) is 21.3. The maximum atomic E-state index is 14.2. The molecule has 0 bridgehead atoms. The molecule has 0 spiro atoms. The molecule has 19 heteroatoms. The number of hydrogen-bond acceptors (Lipinski definition) is 16. The number of nitrogens with one attached hydrogen (secondary N) is 2. The number of nitrogens with zero attached hydrogens (tertiary/aromatic N) is 9. The zero-order chi connectivity index (χ0) is 53.3. The molecule has 2 aromatic carbocycles. The van der Waals surface area contributed by atoms with Gasteiger partial charge in [0.05, 0.1) is 40.0 Å². The van der Waals surface area contributed by atoms with E-state index in [2.05, 4.69) is 59.3 Å². The monoisotopic (exact) mass is 1060 g/mol. The number of carbonyl (C=O) groups is 2. The zero-order valence-electron chi connectivity index (χ0n) is 43.9. The minimum Gasteiger partial charge on any atom is -0.507 e. The number of aromatic nitrogens is 7. The summed E-state index contributed by atoms with van der Waals surface area (Å²) >= 11 is 1.58. The van der Waals surface area contributed by atoms with Crippen LogP contribution in [0.4, 0.5) is 5.95 Å². The Morgan fingerprint density at radius 1 is 1.00 bits per heavy atom. The van der Waals surface area contributed by atoms with Gasteiger partial charge in [0.15, 0.2) is 18.0 Å². The van der Waals surface area contributed by atoms with Crippen molar-refractivity contribution in [3.05, 3.63) is 106 Å². The fourth-order valence-corrected chi connectivity index (χ4v) is 12.9. The predicted molar refractivity (Wildman–Crippen MR) is 291 cm³/mol. The number of aliphatic hydroxyl groups excluding tert-OH is 1. The third kappa shape index (κ3) is 10.7. The van der Waals surface area contributed by atoms with Crippen molar-refractivity contribution in [3.63, 3.8) is 0 Å². The molecule has 2 saturated heterocycles. The van der Waals surface area contributed by atoms with Crippen molar-refractivity contribution in [2.45, 2.75) is 128 Å². The van der Waals surface area contributed by atoms with E-state index in [4.69, 9.17) is 30.4 Å². The Kier molecular flexibility index (Phi) is 15.0. The average molecular weight is 1060 g/mol. The highest BCUT2D eigenvalue weighted by Gasteiger charge is 2.43. The maximum absolute atomic E-state index is 14.2. The maximum Gasteiger partial charge on any atom is 0.255 e. The van der Waals surface area contributed by atoms with Crippen LogP contribution in [0.25, 0.3) is 32.7 Å². The van der Waals surface area contributed by atoms with Gasteiger partial charge in [-0.1, -0.05) is 44.0 Å². The van der Waals surface area contributed by atoms with E-state index in [0.717, 1.165) is 115 Å². The van der Waals surface area contributed by atoms with Gasteiger partial charge < -0.3 is 49.2 Å². The van der Waals surface area contributed by atoms with Gasteiger partial charge in [-0.25, -0.2) is 15.0 Å². The number of piperidine rings is 1. The second kappa shape index (κ2) is 22.3. The molecule has 1 unspecified atom stereocenters. The SMILES string of the molecule is C#CCOc1cc(C(C(=O)N2C[C@H](O)C[C@H]2C(=O)NCc2ccc(-c3scnc3C)cc2O[C@H]2CC[C@@H](N3CCC(c4cnc(N5CCc6[nH]c7nnc(-c8ccccc8O)cc7c6[C@H]5C)nc4)CC3)CC2)C(C)C)on1. The lowest BCUT2D eigenvalue weighted by Gasteiger charge is -2.41. The Morgan fingerprint density at radius 2 is 1.79 bits per heavy atom. The average Bonchev–Trinajstić information content (AvgIpc) is 4.31. The van der Waals surface area contributed by atoms with Crippen LogP contribution >= 0.6 is 11.3 Å². The van der Waals surface area contributed by atoms with Crippen molar-refractivity contribution in [1.29, 1.82) is 0 Å². The van der Waals surface area contributed by atoms with E-state index < -0.39 is 18.1 Å². The molecule has 400 valence electrons. The fourth-order valence-electron chi connectivity index (χ4n) is 12.1. The Labute approximate surface area is 451 Å². The number of rotatable bonds is 15. The van der Waals surface area contributed by atoms with E-state index in [1.54, 1.807) is 29.5 Å². The van der Waals surface area contributed by atoms with Crippen LogP contribution in [0.15, 0.2) is 77.0 Å². The first-order chi connectivity index (χ1) is 37.4. The molecule has 4 N–H and O–H groups in total. The molecule has 18 nitrogen and oxygen atoms in total. The minimum absolute atomic E-state index is 0.00336. The zero-order valence-corrected chi connectivity index (χ0v) is 44.7. The van der Waals surface area contributed by atoms with Gasteiger partial charge in [-0.2, -0.15) is 0 Å². The molecule has 0 radical (unpaired) electrons. The number of ether oxygens (including phenoxy) is 2. The molecule has 3 fully saturated rings. The number of aromatic amines is 1. The Bertz CT molecular complexity index is 3280. The number of aryl methyl sites for hydroxylation is 1. The number of thiazole rings is 1. The highest BCUT2D eigenvalue weighted by molar-refractivity contribution is 7.13. The summed E-state index contributed by atoms with van der Waals surface area (Å²) in [5, 5.41) is 38.3. The molecule has 4 aliphatic rings. The van der Waals surface area contributed by atoms with Gasteiger partial charge in [0.1, 0.15) is 23.5 Å². The van der Waals surface area contributed by atoms with Gasteiger partial charge in [-0.15, -0.1) is 28.0 Å². The van der Waals surface area contributed by atoms with Gasteiger partial charge in [0.2, 0.25) is 17.8 Å². The molecular formula is C58H65N11O7S. The van der Waals surface area contributed by atoms with E-state index in [0.29, 0.717) is 34.7 Å². The lowest BCUT2D eigenvalue weighted by atomic mass is 9.87. The summed E-state index contributed by atoms with van der Waals surface area (Å²) in [6.07, 6.45) is 15.4. The Morgan fingerprint density at radius 3 is 2.53 bits per heavy atom. The van der Waals surface area contributed by atoms with Crippen LogP contribution in [0.3, 0.4) is 0 Å². The Hall–Kier alpha value is -7.40. The molecule has 3 aliphatic heterocycles. The number of hydrogen-bond donors (Lipinski definition) is 4. The number of benzene rings is 2. The lowest BCUT2D eigenvalue weighted by Crippen LogP contribution is -2.48. The van der Waals surface area contributed by atoms with Crippen LogP contribution in [0.5, 0.6) is 17.4 Å². The molecule has 7 aromatic rings. The molecule has 77 heavy (non-hydrogen) atoms. The number of phenols is 1. The first-order valence-electron chi connectivity index (χ1n) is 26.9. The topological polar surface area (TPSA) is 221 Å². The standard InChI is InChI=1S/C58H65N11O7S/c1-6-23-74-51-27-50(76-66-51)52(33(2)3)57(73)69-31-41(70)25-47(69)56(72)59-28-38-12-11-37(54-34(4)62-32-77-54)24-49(38)75-42-15-13-40(14-16-42)67-20-17-36(18-21-67)39-29-60-58(61-30-39)68-22-19-45-53(35(68)5)44-26-46(64-65-55(44)63-45)43-9-7-8-10-48(43)71/h1,7-12,24,26-27,29-30,32-33,35-36,40-42,47,52,70-71H,13-23,25,28,31H2,2-5H3,(H,59,72)(H,63,65)/t35-,40-,41-,42+,47+,52?/m1/s1. The highest BCUT2D eigenvalue weighted by Crippen LogP contribution is 2.41. The number of carbonyl (C=O) groups excluding carboxylic acids is 2. The number of fused-ring (bicyclic) bond motifs is 3. The first kappa shape index (κ1) is 51.7. The molecular weight excluding hydrogens is 995 g/mol. The molecule has 5 aromatic heterocycles. The number of aromatic hydroxyl groups is 1. The van der Waals surface area contributed by atoms with Crippen LogP contribution in [-0.4, -0.2) is 124 Å². The summed E-state index contributed by atoms with van der Waals surface area (Å²) in [6.45, 7) is 11.0. The number of likely N-dealkylation sites (tertiary alicyclic amines) is 2. The molecule has 4 atom stereocenters. The van der Waals surface area contributed by atoms with Gasteiger partial charge in [0.25, 0.3) is 5.88 Å². The van der Waals surface area contributed by atoms with Crippen LogP contribution < -0.4 is 19.7 Å². The summed E-state index contributed by atoms with van der Waals surface area (Å²) in [4.78, 5) is 53.6. The van der Waals surface area contributed by atoms with E-state index in [1.165, 1.54) is 10.5 Å². The third-order valence-electron chi connectivity index (χ3n) is 16.2. The summed E-state index contributed by atoms with van der Waals surface area (Å²) in [6, 6.07) is 16.5. The van der Waals surface area contributed by atoms with Crippen molar-refractivity contribution < 1.29 is 33.8 Å². The summed E-state index contributed by atoms with van der Waals surface area (Å²) in [5.74, 6) is 3.22. The summed E-state index contributed by atoms with van der Waals surface area (Å²) < 4.78 is 17.8. The number of terminal acetylenes is 1. The van der Waals surface area contributed by atoms with Crippen molar-refractivity contribution in [2.75, 3.05) is 37.7 Å². The van der Waals surface area contributed by atoms with Crippen LogP contribution in [0, 0.1) is 25.2 Å². The van der Waals surface area contributed by atoms with E-state index in [1.807, 2.05) is 69.0 Å². The first-order valence-corrected chi connectivity index (χ1v) is 27.8. The van der Waals surface area contributed by atoms with E-state index >= 15 is 0 Å². The van der Waals surface area contributed by atoms with Gasteiger partial charge in [-0.05, 0) is 118 Å². The number of H-pyrrole nitrogens is 1. The minimum atomic E-state index is -0.882. The predicted octanol–water partition coefficient (Wildman–Crippen LogP) is 8.26. The highest BCUT2D eigenvalue weighted by atomic mass is 32.1. The van der Waals surface area contributed by atoms with Crippen molar-refractivity contribution in [1.82, 2.24) is 50.4 Å². The fraction of sp³-hybridized carbons (Fsp3) is 0.448. The number of β-amino-alcohol motifs (C(OH)–C–C–N with tert-alkyl or cyclic N) is 1.